The van der Waals surface area contributed by atoms with Crippen LogP contribution in [-0.2, 0) is 0 Å². The van der Waals surface area contributed by atoms with Gasteiger partial charge in [0.1, 0.15) is 11.4 Å². The summed E-state index contributed by atoms with van der Waals surface area (Å²) in [5, 5.41) is 10.8. The van der Waals surface area contributed by atoms with Gasteiger partial charge in [0.2, 0.25) is 0 Å². The standard InChI is InChI=1S/C13H15N3O2S/c1-16(2)5-6-19-12-10-4-3-9(13(17)18)7-11(10)14-8-15-12/h3-4,7-8H,5-6H2,1-2H3,(H,17,18). The number of aromatic carboxylic acids is 1. The molecule has 0 aliphatic rings. The molecule has 0 unspecified atom stereocenters. The molecule has 0 saturated carbocycles. The van der Waals surface area contributed by atoms with Crippen LogP contribution in [0.2, 0.25) is 0 Å². The zero-order chi connectivity index (χ0) is 13.8. The van der Waals surface area contributed by atoms with Crippen molar-refractivity contribution in [2.45, 2.75) is 5.03 Å². The van der Waals surface area contributed by atoms with Gasteiger partial charge in [-0.15, -0.1) is 11.8 Å². The number of thioether (sulfide) groups is 1. The molecule has 0 spiro atoms. The summed E-state index contributed by atoms with van der Waals surface area (Å²) in [6, 6.07) is 4.94. The number of hydrogen-bond donors (Lipinski definition) is 1. The Balaban J connectivity index is 2.27. The maximum absolute atomic E-state index is 10.9. The number of fused-ring (bicyclic) bond motifs is 1. The van der Waals surface area contributed by atoms with Crippen LogP contribution in [0.25, 0.3) is 10.9 Å². The van der Waals surface area contributed by atoms with Crippen LogP contribution in [0.5, 0.6) is 0 Å². The summed E-state index contributed by atoms with van der Waals surface area (Å²) >= 11 is 1.65. The molecule has 6 heteroatoms. The van der Waals surface area contributed by atoms with Gasteiger partial charge in [-0.25, -0.2) is 14.8 Å². The fourth-order valence-corrected chi connectivity index (χ4v) is 2.70. The summed E-state index contributed by atoms with van der Waals surface area (Å²) in [5.74, 6) is -0.0119. The molecule has 1 aromatic heterocycles. The quantitative estimate of drug-likeness (QED) is 0.666. The highest BCUT2D eigenvalue weighted by Crippen LogP contribution is 2.25. The lowest BCUT2D eigenvalue weighted by Gasteiger charge is -2.09. The Morgan fingerprint density at radius 2 is 2.16 bits per heavy atom. The van der Waals surface area contributed by atoms with Gasteiger partial charge in [0.25, 0.3) is 0 Å². The molecule has 100 valence electrons. The smallest absolute Gasteiger partial charge is 0.335 e. The maximum atomic E-state index is 10.9. The monoisotopic (exact) mass is 277 g/mol. The van der Waals surface area contributed by atoms with Gasteiger partial charge < -0.3 is 10.0 Å². The highest BCUT2D eigenvalue weighted by Gasteiger charge is 2.08. The molecule has 0 bridgehead atoms. The second kappa shape index (κ2) is 5.99. The highest BCUT2D eigenvalue weighted by atomic mass is 32.2. The topological polar surface area (TPSA) is 66.3 Å². The zero-order valence-corrected chi connectivity index (χ0v) is 11.6. The average molecular weight is 277 g/mol. The number of hydrogen-bond acceptors (Lipinski definition) is 5. The lowest BCUT2D eigenvalue weighted by molar-refractivity contribution is 0.0697. The predicted molar refractivity (Wildman–Crippen MR) is 75.8 cm³/mol. The van der Waals surface area contributed by atoms with Crippen molar-refractivity contribution >= 4 is 28.6 Å². The Labute approximate surface area is 115 Å². The normalized spacial score (nSPS) is 11.1. The van der Waals surface area contributed by atoms with Crippen molar-refractivity contribution in [3.8, 4) is 0 Å². The molecule has 1 aromatic carbocycles. The number of carboxylic acids is 1. The second-order valence-corrected chi connectivity index (χ2v) is 5.45. The Bertz CT molecular complexity index is 601. The molecule has 5 nitrogen and oxygen atoms in total. The lowest BCUT2D eigenvalue weighted by Crippen LogP contribution is -2.14. The Morgan fingerprint density at radius 1 is 1.37 bits per heavy atom. The first kappa shape index (κ1) is 13.8. The van der Waals surface area contributed by atoms with Crippen molar-refractivity contribution in [3.63, 3.8) is 0 Å². The van der Waals surface area contributed by atoms with Crippen LogP contribution in [0.15, 0.2) is 29.6 Å². The molecule has 0 saturated heterocycles. The first-order valence-electron chi connectivity index (χ1n) is 5.83. The van der Waals surface area contributed by atoms with Crippen LogP contribution in [0.4, 0.5) is 0 Å². The van der Waals surface area contributed by atoms with Gasteiger partial charge in [0, 0.05) is 17.7 Å². The number of rotatable bonds is 5. The summed E-state index contributed by atoms with van der Waals surface area (Å²) in [4.78, 5) is 21.4. The van der Waals surface area contributed by atoms with Crippen LogP contribution in [0, 0.1) is 0 Å². The largest absolute Gasteiger partial charge is 0.478 e. The van der Waals surface area contributed by atoms with Gasteiger partial charge in [-0.2, -0.15) is 0 Å². The van der Waals surface area contributed by atoms with Crippen molar-refractivity contribution < 1.29 is 9.90 Å². The van der Waals surface area contributed by atoms with E-state index in [0.717, 1.165) is 22.7 Å². The maximum Gasteiger partial charge on any atom is 0.335 e. The number of benzene rings is 1. The molecule has 0 amide bonds. The molecule has 2 aromatic rings. The Morgan fingerprint density at radius 3 is 2.84 bits per heavy atom. The molecule has 0 fully saturated rings. The minimum atomic E-state index is -0.942. The third kappa shape index (κ3) is 3.42. The van der Waals surface area contributed by atoms with Crippen molar-refractivity contribution in [1.82, 2.24) is 14.9 Å². The van der Waals surface area contributed by atoms with Crippen molar-refractivity contribution in [3.05, 3.63) is 30.1 Å². The zero-order valence-electron chi connectivity index (χ0n) is 10.8. The lowest BCUT2D eigenvalue weighted by atomic mass is 10.1. The van der Waals surface area contributed by atoms with Crippen LogP contribution in [-0.4, -0.2) is 52.3 Å². The summed E-state index contributed by atoms with van der Waals surface area (Å²) in [7, 11) is 4.05. The molecular weight excluding hydrogens is 262 g/mol. The van der Waals surface area contributed by atoms with Crippen molar-refractivity contribution in [1.29, 1.82) is 0 Å². The Hall–Kier alpha value is -1.66. The molecule has 0 radical (unpaired) electrons. The fourth-order valence-electron chi connectivity index (χ4n) is 1.61. The van der Waals surface area contributed by atoms with Crippen LogP contribution >= 0.6 is 11.8 Å². The molecule has 2 rings (SSSR count). The molecule has 19 heavy (non-hydrogen) atoms. The summed E-state index contributed by atoms with van der Waals surface area (Å²) in [6.45, 7) is 0.962. The Kier molecular flexibility index (Phi) is 4.34. The minimum Gasteiger partial charge on any atom is -0.478 e. The van der Waals surface area contributed by atoms with E-state index >= 15 is 0 Å². The van der Waals surface area contributed by atoms with Gasteiger partial charge in [-0.1, -0.05) is 0 Å². The number of aromatic nitrogens is 2. The molecular formula is C13H15N3O2S. The third-order valence-electron chi connectivity index (χ3n) is 2.62. The van der Waals surface area contributed by atoms with E-state index in [1.165, 1.54) is 6.33 Å². The molecule has 0 aliphatic carbocycles. The summed E-state index contributed by atoms with van der Waals surface area (Å²) in [5.41, 5.74) is 0.915. The van der Waals surface area contributed by atoms with Crippen molar-refractivity contribution in [2.24, 2.45) is 0 Å². The SMILES string of the molecule is CN(C)CCSc1ncnc2cc(C(=O)O)ccc12. The van der Waals surface area contributed by atoms with Gasteiger partial charge >= 0.3 is 5.97 Å². The molecule has 1 N–H and O–H groups in total. The van der Waals surface area contributed by atoms with Gasteiger partial charge in [-0.3, -0.25) is 0 Å². The molecule has 1 heterocycles. The second-order valence-electron chi connectivity index (χ2n) is 4.37. The van der Waals surface area contributed by atoms with E-state index < -0.39 is 5.97 Å². The average Bonchev–Trinajstić information content (AvgIpc) is 2.37. The molecule has 0 atom stereocenters. The van der Waals surface area contributed by atoms with Gasteiger partial charge in [-0.05, 0) is 32.3 Å². The molecule has 0 aliphatic heterocycles. The van der Waals surface area contributed by atoms with E-state index in [0.29, 0.717) is 5.52 Å². The number of nitrogens with zero attached hydrogens (tertiary/aromatic N) is 3. The van der Waals surface area contributed by atoms with Crippen LogP contribution in [0.3, 0.4) is 0 Å². The number of carboxylic acid groups (broad SMARTS) is 1. The van der Waals surface area contributed by atoms with Crippen LogP contribution < -0.4 is 0 Å². The van der Waals surface area contributed by atoms with E-state index in [4.69, 9.17) is 5.11 Å². The fraction of sp³-hybridized carbons (Fsp3) is 0.308. The van der Waals surface area contributed by atoms with E-state index in [1.54, 1.807) is 30.0 Å². The van der Waals surface area contributed by atoms with Gasteiger partial charge in [0.05, 0.1) is 11.1 Å². The van der Waals surface area contributed by atoms with E-state index in [9.17, 15) is 4.79 Å². The van der Waals surface area contributed by atoms with Crippen LogP contribution in [0.1, 0.15) is 10.4 Å². The third-order valence-corrected chi connectivity index (χ3v) is 3.61. The first-order valence-corrected chi connectivity index (χ1v) is 6.82. The summed E-state index contributed by atoms with van der Waals surface area (Å²) < 4.78 is 0. The van der Waals surface area contributed by atoms with E-state index in [-0.39, 0.29) is 5.56 Å². The van der Waals surface area contributed by atoms with E-state index in [2.05, 4.69) is 14.9 Å². The minimum absolute atomic E-state index is 0.246. The van der Waals surface area contributed by atoms with Crippen molar-refractivity contribution in [2.75, 3.05) is 26.4 Å². The first-order chi connectivity index (χ1) is 9.08. The van der Waals surface area contributed by atoms with Gasteiger partial charge in [0.15, 0.2) is 0 Å². The van der Waals surface area contributed by atoms with E-state index in [1.807, 2.05) is 14.1 Å². The highest BCUT2D eigenvalue weighted by molar-refractivity contribution is 7.99. The number of carbonyl (C=O) groups is 1. The summed E-state index contributed by atoms with van der Waals surface area (Å²) in [6.07, 6.45) is 1.48. The predicted octanol–water partition coefficient (Wildman–Crippen LogP) is 1.98.